The molecule has 0 fully saturated rings. The molecule has 0 amide bonds. The van der Waals surface area contributed by atoms with Crippen LogP contribution in [-0.4, -0.2) is 26.1 Å². The van der Waals surface area contributed by atoms with Gasteiger partial charge in [0, 0.05) is 31.5 Å². The van der Waals surface area contributed by atoms with Crippen molar-refractivity contribution in [1.82, 2.24) is 0 Å². The third kappa shape index (κ3) is 7.36. The van der Waals surface area contributed by atoms with E-state index >= 15 is 0 Å². The number of aliphatic imine (C=N–C) groups is 1. The van der Waals surface area contributed by atoms with E-state index in [1.165, 1.54) is 5.69 Å². The molecule has 4 nitrogen and oxygen atoms in total. The highest BCUT2D eigenvalue weighted by atomic mass is 127. The van der Waals surface area contributed by atoms with Crippen LogP contribution in [0.15, 0.2) is 65.7 Å². The molecule has 23 heavy (non-hydrogen) atoms. The summed E-state index contributed by atoms with van der Waals surface area (Å²) in [5.74, 6) is 0.475. The molecule has 2 aromatic carbocycles. The zero-order chi connectivity index (χ0) is 15.6. The van der Waals surface area contributed by atoms with E-state index in [1.54, 1.807) is 0 Å². The Hall–Kier alpha value is -1.76. The number of nitrogens with two attached hydrogens (primary N) is 1. The first-order valence-electron chi connectivity index (χ1n) is 7.64. The number of hydrogen-bond donors (Lipinski definition) is 2. The summed E-state index contributed by atoms with van der Waals surface area (Å²) in [5.41, 5.74) is 8.08. The van der Waals surface area contributed by atoms with Gasteiger partial charge in [-0.25, -0.2) is 0 Å². The van der Waals surface area contributed by atoms with Crippen LogP contribution >= 0.6 is 24.0 Å². The minimum Gasteiger partial charge on any atom is -0.375 e. The average Bonchev–Trinajstić information content (AvgIpc) is 2.56. The first-order valence-corrected chi connectivity index (χ1v) is 7.64. The Morgan fingerprint density at radius 1 is 1.00 bits per heavy atom. The Kier molecular flexibility index (Phi) is 9.12. The zero-order valence-corrected chi connectivity index (χ0v) is 15.8. The van der Waals surface area contributed by atoms with Gasteiger partial charge in [0.05, 0.1) is 0 Å². The lowest BCUT2D eigenvalue weighted by molar-refractivity contribution is 0.728. The highest BCUT2D eigenvalue weighted by molar-refractivity contribution is 14.0. The second-order valence-corrected chi connectivity index (χ2v) is 5.22. The molecule has 0 aliphatic carbocycles. The van der Waals surface area contributed by atoms with Crippen molar-refractivity contribution >= 4 is 41.3 Å². The molecule has 0 heterocycles. The van der Waals surface area contributed by atoms with E-state index < -0.39 is 0 Å². The molecule has 0 aromatic heterocycles. The van der Waals surface area contributed by atoms with E-state index in [9.17, 15) is 0 Å². The van der Waals surface area contributed by atoms with Crippen molar-refractivity contribution in [2.45, 2.75) is 12.8 Å². The van der Waals surface area contributed by atoms with Gasteiger partial charge >= 0.3 is 0 Å². The van der Waals surface area contributed by atoms with E-state index in [2.05, 4.69) is 46.5 Å². The molecule has 0 aliphatic heterocycles. The lowest BCUT2D eigenvalue weighted by atomic mass is 10.2. The monoisotopic (exact) mass is 424 g/mol. The maximum absolute atomic E-state index is 5.87. The normalized spacial score (nSPS) is 10.7. The fourth-order valence-electron chi connectivity index (χ4n) is 2.18. The van der Waals surface area contributed by atoms with E-state index in [1.807, 2.05) is 36.4 Å². The van der Waals surface area contributed by atoms with Gasteiger partial charge in [0.15, 0.2) is 5.96 Å². The standard InChI is InChI=1S/C18H24N4.HI/c1-22(17-12-6-3-7-13-17)15-9-8-14-20-18(19)21-16-10-4-2-5-11-16;/h2-7,10-13H,8-9,14-15H2,1H3,(H3,19,20,21);1H. The molecule has 0 unspecified atom stereocenters. The average molecular weight is 424 g/mol. The first-order chi connectivity index (χ1) is 10.8. The zero-order valence-electron chi connectivity index (χ0n) is 13.5. The number of para-hydroxylation sites is 2. The molecule has 2 aromatic rings. The van der Waals surface area contributed by atoms with E-state index in [4.69, 9.17) is 5.73 Å². The predicted octanol–water partition coefficient (Wildman–Crippen LogP) is 3.95. The Morgan fingerprint density at radius 2 is 1.61 bits per heavy atom. The number of anilines is 2. The summed E-state index contributed by atoms with van der Waals surface area (Å²) in [7, 11) is 2.12. The number of nitrogens with one attached hydrogen (secondary N) is 1. The van der Waals surface area contributed by atoms with Gasteiger partial charge in [-0.05, 0) is 37.1 Å². The maximum atomic E-state index is 5.87. The summed E-state index contributed by atoms with van der Waals surface area (Å²) < 4.78 is 0. The maximum Gasteiger partial charge on any atom is 0.193 e. The van der Waals surface area contributed by atoms with Crippen LogP contribution in [0.1, 0.15) is 12.8 Å². The Bertz CT molecular complexity index is 572. The van der Waals surface area contributed by atoms with Gasteiger partial charge in [-0.3, -0.25) is 4.99 Å². The lowest BCUT2D eigenvalue weighted by Crippen LogP contribution is -2.23. The number of rotatable bonds is 7. The summed E-state index contributed by atoms with van der Waals surface area (Å²) >= 11 is 0. The number of guanidine groups is 1. The van der Waals surface area contributed by atoms with Crippen LogP contribution in [0.4, 0.5) is 11.4 Å². The minimum absolute atomic E-state index is 0. The van der Waals surface area contributed by atoms with Gasteiger partial charge in [-0.2, -0.15) is 0 Å². The van der Waals surface area contributed by atoms with Crippen molar-refractivity contribution in [3.05, 3.63) is 60.7 Å². The van der Waals surface area contributed by atoms with Crippen LogP contribution < -0.4 is 16.0 Å². The van der Waals surface area contributed by atoms with Gasteiger partial charge < -0.3 is 16.0 Å². The molecular weight excluding hydrogens is 399 g/mol. The van der Waals surface area contributed by atoms with Crippen molar-refractivity contribution < 1.29 is 0 Å². The van der Waals surface area contributed by atoms with Crippen molar-refractivity contribution in [3.8, 4) is 0 Å². The van der Waals surface area contributed by atoms with Gasteiger partial charge in [-0.15, -0.1) is 24.0 Å². The molecule has 3 N–H and O–H groups in total. The SMILES string of the molecule is CN(CCCCN=C(N)Nc1ccccc1)c1ccccc1.I. The van der Waals surface area contributed by atoms with Crippen molar-refractivity contribution in [2.24, 2.45) is 10.7 Å². The number of benzene rings is 2. The van der Waals surface area contributed by atoms with Gasteiger partial charge in [0.25, 0.3) is 0 Å². The Balaban J connectivity index is 0.00000264. The second kappa shape index (κ2) is 10.9. The van der Waals surface area contributed by atoms with Crippen molar-refractivity contribution in [2.75, 3.05) is 30.4 Å². The van der Waals surface area contributed by atoms with Crippen molar-refractivity contribution in [3.63, 3.8) is 0 Å². The molecule has 124 valence electrons. The molecule has 0 atom stereocenters. The molecule has 0 spiro atoms. The van der Waals surface area contributed by atoms with E-state index in [0.717, 1.165) is 31.6 Å². The van der Waals surface area contributed by atoms with Crippen LogP contribution in [0.2, 0.25) is 0 Å². The third-order valence-electron chi connectivity index (χ3n) is 3.43. The highest BCUT2D eigenvalue weighted by Crippen LogP contribution is 2.11. The second-order valence-electron chi connectivity index (χ2n) is 5.22. The first kappa shape index (κ1) is 19.3. The molecular formula is C18H25IN4. The fourth-order valence-corrected chi connectivity index (χ4v) is 2.18. The van der Waals surface area contributed by atoms with Crippen LogP contribution in [-0.2, 0) is 0 Å². The van der Waals surface area contributed by atoms with Gasteiger partial charge in [-0.1, -0.05) is 36.4 Å². The molecule has 0 aliphatic rings. The number of halogens is 1. The number of hydrogen-bond acceptors (Lipinski definition) is 2. The summed E-state index contributed by atoms with van der Waals surface area (Å²) in [4.78, 5) is 6.61. The van der Waals surface area contributed by atoms with Crippen LogP contribution in [0.5, 0.6) is 0 Å². The summed E-state index contributed by atoms with van der Waals surface area (Å²) in [6, 6.07) is 20.3. The van der Waals surface area contributed by atoms with Crippen LogP contribution in [0.25, 0.3) is 0 Å². The van der Waals surface area contributed by atoms with Crippen molar-refractivity contribution in [1.29, 1.82) is 0 Å². The van der Waals surface area contributed by atoms with E-state index in [-0.39, 0.29) is 24.0 Å². The quantitative estimate of drug-likeness (QED) is 0.306. The molecule has 5 heteroatoms. The highest BCUT2D eigenvalue weighted by Gasteiger charge is 1.99. The summed E-state index contributed by atoms with van der Waals surface area (Å²) in [5, 5.41) is 3.08. The number of unbranched alkanes of at least 4 members (excludes halogenated alkanes) is 1. The fraction of sp³-hybridized carbons (Fsp3) is 0.278. The molecule has 0 saturated carbocycles. The third-order valence-corrected chi connectivity index (χ3v) is 3.43. The molecule has 0 bridgehead atoms. The lowest BCUT2D eigenvalue weighted by Gasteiger charge is -2.18. The topological polar surface area (TPSA) is 53.6 Å². The predicted molar refractivity (Wildman–Crippen MR) is 111 cm³/mol. The molecule has 2 rings (SSSR count). The van der Waals surface area contributed by atoms with Crippen LogP contribution in [0.3, 0.4) is 0 Å². The smallest absolute Gasteiger partial charge is 0.193 e. The largest absolute Gasteiger partial charge is 0.375 e. The summed E-state index contributed by atoms with van der Waals surface area (Å²) in [6.45, 7) is 1.76. The van der Waals surface area contributed by atoms with Crippen LogP contribution in [0, 0.1) is 0 Å². The van der Waals surface area contributed by atoms with Gasteiger partial charge in [0.2, 0.25) is 0 Å². The number of nitrogens with zero attached hydrogens (tertiary/aromatic N) is 2. The minimum atomic E-state index is 0. The summed E-state index contributed by atoms with van der Waals surface area (Å²) in [6.07, 6.45) is 2.11. The van der Waals surface area contributed by atoms with E-state index in [0.29, 0.717) is 5.96 Å². The molecule has 0 saturated heterocycles. The Morgan fingerprint density at radius 3 is 2.26 bits per heavy atom. The molecule has 0 radical (unpaired) electrons. The Labute approximate surface area is 155 Å². The van der Waals surface area contributed by atoms with Gasteiger partial charge in [0.1, 0.15) is 0 Å².